The fourth-order valence-electron chi connectivity index (χ4n) is 4.73. The molecule has 3 heterocycles. The van der Waals surface area contributed by atoms with Crippen molar-refractivity contribution in [2.45, 2.75) is 38.1 Å². The maximum Gasteiger partial charge on any atom is 0.333 e. The van der Waals surface area contributed by atoms with Gasteiger partial charge in [-0.15, -0.1) is 10.3 Å². The maximum absolute atomic E-state index is 13.8. The van der Waals surface area contributed by atoms with Crippen LogP contribution >= 0.6 is 0 Å². The van der Waals surface area contributed by atoms with E-state index in [9.17, 15) is 17.1 Å². The molecule has 5 aromatic rings. The summed E-state index contributed by atoms with van der Waals surface area (Å²) in [6, 6.07) is 10.5. The molecular weight excluding hydrogens is 465 g/mol. The number of nitrogens with one attached hydrogen (secondary N) is 1. The number of halogens is 1. The largest absolute Gasteiger partial charge is 0.340 e. The van der Waals surface area contributed by atoms with Crippen LogP contribution in [-0.2, 0) is 16.8 Å². The van der Waals surface area contributed by atoms with Gasteiger partial charge < -0.3 is 9.55 Å². The number of terminal acetylenes is 1. The first kappa shape index (κ1) is 22.8. The zero-order chi connectivity index (χ0) is 25.1. The van der Waals surface area contributed by atoms with Crippen LogP contribution in [0.3, 0.4) is 0 Å². The molecule has 0 bridgehead atoms. The van der Waals surface area contributed by atoms with Crippen LogP contribution in [0.15, 0.2) is 58.5 Å². The molecule has 0 saturated heterocycles. The average Bonchev–Trinajstić information content (AvgIpc) is 3.21. The van der Waals surface area contributed by atoms with Gasteiger partial charge in [0, 0.05) is 46.4 Å². The molecule has 0 spiro atoms. The number of rotatable bonds is 4. The Morgan fingerprint density at radius 2 is 1.91 bits per heavy atom. The van der Waals surface area contributed by atoms with Gasteiger partial charge in [0.25, 0.3) is 0 Å². The van der Waals surface area contributed by atoms with Crippen LogP contribution in [0.5, 0.6) is 0 Å². The Kier molecular flexibility index (Phi) is 5.26. The molecule has 0 radical (unpaired) electrons. The van der Waals surface area contributed by atoms with Gasteiger partial charge in [-0.1, -0.05) is 25.8 Å². The standard InChI is InChI=1S/C27H22FN3O3S/c1-5-16-7-8-19-23(9-16)30-27-25(19)26(32)22-11-20(15(3)4)21(12-24(22)31(27)6-2)17-10-18(14-29-13-17)35(28,33)34/h1,7-15,30H,6H2,2-4H3. The van der Waals surface area contributed by atoms with Crippen LogP contribution < -0.4 is 5.43 Å². The third-order valence-corrected chi connectivity index (χ3v) is 7.18. The first-order valence-electron chi connectivity index (χ1n) is 11.2. The molecule has 0 aliphatic carbocycles. The van der Waals surface area contributed by atoms with E-state index in [2.05, 4.69) is 15.9 Å². The Morgan fingerprint density at radius 3 is 2.57 bits per heavy atom. The maximum atomic E-state index is 13.8. The SMILES string of the molecule is C#Cc1ccc2c(c1)[nH]c1c2c(=O)c2cc(C(C)C)c(-c3cncc(S(=O)(=O)F)c3)cc2n1CC. The molecule has 0 amide bonds. The molecule has 2 aromatic carbocycles. The van der Waals surface area contributed by atoms with Crippen LogP contribution in [0.25, 0.3) is 44.0 Å². The molecule has 5 rings (SSSR count). The molecule has 3 aromatic heterocycles. The summed E-state index contributed by atoms with van der Waals surface area (Å²) < 4.78 is 38.7. The van der Waals surface area contributed by atoms with Crippen molar-refractivity contribution in [3.05, 3.63) is 70.1 Å². The quantitative estimate of drug-likeness (QED) is 0.269. The molecule has 35 heavy (non-hydrogen) atoms. The Labute approximate surface area is 201 Å². The summed E-state index contributed by atoms with van der Waals surface area (Å²) >= 11 is 0. The zero-order valence-electron chi connectivity index (χ0n) is 19.4. The lowest BCUT2D eigenvalue weighted by atomic mass is 9.91. The van der Waals surface area contributed by atoms with E-state index in [1.807, 2.05) is 55.7 Å². The van der Waals surface area contributed by atoms with Crippen LogP contribution in [0.4, 0.5) is 3.89 Å². The smallest absolute Gasteiger partial charge is 0.333 e. The number of H-pyrrole nitrogens is 1. The van der Waals surface area contributed by atoms with Crippen LogP contribution in [0.2, 0.25) is 0 Å². The number of pyridine rings is 2. The second kappa shape index (κ2) is 8.07. The van der Waals surface area contributed by atoms with Gasteiger partial charge in [0.1, 0.15) is 10.5 Å². The molecule has 0 fully saturated rings. The van der Waals surface area contributed by atoms with Gasteiger partial charge in [-0.2, -0.15) is 8.42 Å². The minimum Gasteiger partial charge on any atom is -0.340 e. The molecule has 0 atom stereocenters. The summed E-state index contributed by atoms with van der Waals surface area (Å²) in [4.78, 5) is 20.6. The number of hydrogen-bond donors (Lipinski definition) is 1. The molecule has 1 N–H and O–H groups in total. The molecule has 176 valence electrons. The first-order chi connectivity index (χ1) is 16.6. The van der Waals surface area contributed by atoms with Crippen LogP contribution in [0, 0.1) is 12.3 Å². The predicted octanol–water partition coefficient (Wildman–Crippen LogP) is 5.48. The van der Waals surface area contributed by atoms with Crippen LogP contribution in [0.1, 0.15) is 37.8 Å². The number of aromatic amines is 1. The van der Waals surface area contributed by atoms with E-state index in [-0.39, 0.29) is 11.3 Å². The van der Waals surface area contributed by atoms with Gasteiger partial charge in [0.05, 0.1) is 10.9 Å². The van der Waals surface area contributed by atoms with E-state index in [0.29, 0.717) is 45.2 Å². The second-order valence-corrected chi connectivity index (χ2v) is 10.1. The molecule has 0 aliphatic rings. The van der Waals surface area contributed by atoms with Gasteiger partial charge >= 0.3 is 10.2 Å². The van der Waals surface area contributed by atoms with Gasteiger partial charge in [-0.25, -0.2) is 0 Å². The van der Waals surface area contributed by atoms with Crippen LogP contribution in [-0.4, -0.2) is 23.0 Å². The summed E-state index contributed by atoms with van der Waals surface area (Å²) in [7, 11) is -4.91. The van der Waals surface area contributed by atoms with E-state index < -0.39 is 15.1 Å². The Balaban J connectivity index is 1.92. The summed E-state index contributed by atoms with van der Waals surface area (Å²) in [5, 5.41) is 1.94. The number of aryl methyl sites for hydroxylation is 1. The molecule has 8 heteroatoms. The fourth-order valence-corrected chi connectivity index (χ4v) is 5.18. The molecule has 0 unspecified atom stereocenters. The molecule has 0 aliphatic heterocycles. The summed E-state index contributed by atoms with van der Waals surface area (Å²) in [6.07, 6.45) is 8.04. The summed E-state index contributed by atoms with van der Waals surface area (Å²) in [5.74, 6) is 2.63. The second-order valence-electron chi connectivity index (χ2n) is 8.79. The van der Waals surface area contributed by atoms with E-state index in [1.165, 1.54) is 12.3 Å². The fraction of sp³-hybridized carbons (Fsp3) is 0.185. The predicted molar refractivity (Wildman–Crippen MR) is 137 cm³/mol. The lowest BCUT2D eigenvalue weighted by molar-refractivity contribution is 0.551. The Hall–Kier alpha value is -3.96. The highest BCUT2D eigenvalue weighted by atomic mass is 32.3. The number of aromatic nitrogens is 3. The van der Waals surface area contributed by atoms with Gasteiger partial charge in [-0.05, 0) is 54.3 Å². The monoisotopic (exact) mass is 487 g/mol. The van der Waals surface area contributed by atoms with Crippen molar-refractivity contribution in [1.29, 1.82) is 0 Å². The van der Waals surface area contributed by atoms with Crippen molar-refractivity contribution >= 4 is 43.1 Å². The van der Waals surface area contributed by atoms with Gasteiger partial charge in [-0.3, -0.25) is 9.78 Å². The van der Waals surface area contributed by atoms with Crippen molar-refractivity contribution in [1.82, 2.24) is 14.5 Å². The number of fused-ring (bicyclic) bond motifs is 4. The third kappa shape index (κ3) is 3.60. The Morgan fingerprint density at radius 1 is 1.14 bits per heavy atom. The molecule has 0 saturated carbocycles. The first-order valence-corrected chi connectivity index (χ1v) is 12.5. The lowest BCUT2D eigenvalue weighted by Gasteiger charge is -2.18. The molecular formula is C27H22FN3O3S. The van der Waals surface area contributed by atoms with E-state index >= 15 is 0 Å². The van der Waals surface area contributed by atoms with Gasteiger partial charge in [0.15, 0.2) is 5.43 Å². The van der Waals surface area contributed by atoms with Crippen molar-refractivity contribution in [3.63, 3.8) is 0 Å². The minimum atomic E-state index is -4.91. The summed E-state index contributed by atoms with van der Waals surface area (Å²) in [6.45, 7) is 6.52. The highest BCUT2D eigenvalue weighted by Gasteiger charge is 2.21. The minimum absolute atomic E-state index is 0.00590. The highest BCUT2D eigenvalue weighted by molar-refractivity contribution is 7.86. The molecule has 6 nitrogen and oxygen atoms in total. The van der Waals surface area contributed by atoms with Gasteiger partial charge in [0.2, 0.25) is 0 Å². The van der Waals surface area contributed by atoms with Crippen molar-refractivity contribution in [3.8, 4) is 23.5 Å². The van der Waals surface area contributed by atoms with E-state index in [0.717, 1.165) is 22.7 Å². The number of nitrogens with zero attached hydrogens (tertiary/aromatic N) is 2. The van der Waals surface area contributed by atoms with Crippen molar-refractivity contribution < 1.29 is 12.3 Å². The normalized spacial score (nSPS) is 12.1. The lowest BCUT2D eigenvalue weighted by Crippen LogP contribution is -2.11. The number of benzene rings is 2. The highest BCUT2D eigenvalue weighted by Crippen LogP contribution is 2.35. The van der Waals surface area contributed by atoms with Crippen molar-refractivity contribution in [2.75, 3.05) is 0 Å². The topological polar surface area (TPSA) is 84.8 Å². The summed E-state index contributed by atoms with van der Waals surface area (Å²) in [5.41, 5.74) is 4.73. The van der Waals surface area contributed by atoms with Crippen molar-refractivity contribution in [2.24, 2.45) is 0 Å². The zero-order valence-corrected chi connectivity index (χ0v) is 20.2. The Bertz CT molecular complexity index is 1880. The van der Waals surface area contributed by atoms with E-state index in [1.54, 1.807) is 0 Å². The average molecular weight is 488 g/mol. The van der Waals surface area contributed by atoms with E-state index in [4.69, 9.17) is 6.42 Å². The third-order valence-electron chi connectivity index (χ3n) is 6.39. The number of hydrogen-bond acceptors (Lipinski definition) is 4.